The van der Waals surface area contributed by atoms with Crippen LogP contribution >= 0.6 is 15.9 Å². The van der Waals surface area contributed by atoms with Crippen LogP contribution in [0.25, 0.3) is 11.2 Å². The topological polar surface area (TPSA) is 58.6 Å². The molecule has 0 unspecified atom stereocenters. The summed E-state index contributed by atoms with van der Waals surface area (Å²) in [4.78, 5) is 23.2. The Balaban J connectivity index is 2.38. The van der Waals surface area contributed by atoms with Gasteiger partial charge >= 0.3 is 0 Å². The fourth-order valence-electron chi connectivity index (χ4n) is 1.45. The maximum Gasteiger partial charge on any atom is 0.156 e. The Bertz CT molecular complexity index is 533. The number of aromatic amines is 1. The minimum Gasteiger partial charge on any atom is -0.344 e. The van der Waals surface area contributed by atoms with Crippen LogP contribution in [0.15, 0.2) is 17.0 Å². The van der Waals surface area contributed by atoms with Crippen molar-refractivity contribution in [3.63, 3.8) is 0 Å². The highest BCUT2D eigenvalue weighted by atomic mass is 79.9. The number of carbonyl (C=O) groups excluding carboxylic acids is 1. The molecule has 0 aliphatic rings. The molecular formula is C11H12BrN3O. The number of ketones is 1. The third kappa shape index (κ3) is 2.14. The summed E-state index contributed by atoms with van der Waals surface area (Å²) >= 11 is 3.27. The zero-order chi connectivity index (χ0) is 11.7. The van der Waals surface area contributed by atoms with Gasteiger partial charge in [-0.05, 0) is 15.9 Å². The van der Waals surface area contributed by atoms with Gasteiger partial charge in [-0.25, -0.2) is 9.97 Å². The summed E-state index contributed by atoms with van der Waals surface area (Å²) in [5.41, 5.74) is 2.39. The van der Waals surface area contributed by atoms with E-state index in [1.807, 2.05) is 13.8 Å². The van der Waals surface area contributed by atoms with Crippen molar-refractivity contribution in [1.82, 2.24) is 15.0 Å². The van der Waals surface area contributed by atoms with Gasteiger partial charge in [0.1, 0.15) is 15.9 Å². The largest absolute Gasteiger partial charge is 0.344 e. The van der Waals surface area contributed by atoms with Gasteiger partial charge in [-0.2, -0.15) is 0 Å². The number of aromatic nitrogens is 3. The van der Waals surface area contributed by atoms with Crippen molar-refractivity contribution in [3.8, 4) is 0 Å². The zero-order valence-electron chi connectivity index (χ0n) is 9.12. The summed E-state index contributed by atoms with van der Waals surface area (Å²) in [6, 6.07) is 0. The molecule has 0 spiro atoms. The summed E-state index contributed by atoms with van der Waals surface area (Å²) in [5, 5.41) is 0. The third-order valence-electron chi connectivity index (χ3n) is 2.44. The second-order valence-electron chi connectivity index (χ2n) is 4.00. The molecule has 1 N–H and O–H groups in total. The van der Waals surface area contributed by atoms with E-state index in [4.69, 9.17) is 0 Å². The van der Waals surface area contributed by atoms with Crippen molar-refractivity contribution < 1.29 is 4.79 Å². The lowest BCUT2D eigenvalue weighted by atomic mass is 10.0. The second kappa shape index (κ2) is 4.33. The maximum absolute atomic E-state index is 11.7. The molecule has 0 aliphatic heterocycles. The van der Waals surface area contributed by atoms with E-state index in [1.165, 1.54) is 0 Å². The van der Waals surface area contributed by atoms with Gasteiger partial charge in [0.15, 0.2) is 5.65 Å². The molecule has 0 radical (unpaired) electrons. The summed E-state index contributed by atoms with van der Waals surface area (Å²) in [5.74, 6) is 0.257. The van der Waals surface area contributed by atoms with E-state index >= 15 is 0 Å². The average molecular weight is 282 g/mol. The first-order chi connectivity index (χ1) is 7.58. The van der Waals surface area contributed by atoms with Crippen LogP contribution in [0.3, 0.4) is 0 Å². The highest BCUT2D eigenvalue weighted by Crippen LogP contribution is 2.18. The third-order valence-corrected chi connectivity index (χ3v) is 2.82. The van der Waals surface area contributed by atoms with Crippen molar-refractivity contribution in [2.24, 2.45) is 5.92 Å². The van der Waals surface area contributed by atoms with Crippen LogP contribution in [-0.4, -0.2) is 20.7 Å². The predicted octanol–water partition coefficient (Wildman–Crippen LogP) is 2.49. The fraction of sp³-hybridized carbons (Fsp3) is 0.364. The first-order valence-corrected chi connectivity index (χ1v) is 5.88. The summed E-state index contributed by atoms with van der Waals surface area (Å²) in [6.45, 7) is 3.80. The molecule has 0 fully saturated rings. The molecule has 2 aromatic heterocycles. The quantitative estimate of drug-likeness (QED) is 0.940. The molecule has 0 atom stereocenters. The molecule has 4 nitrogen and oxygen atoms in total. The van der Waals surface area contributed by atoms with E-state index < -0.39 is 0 Å². The Kier molecular flexibility index (Phi) is 3.05. The van der Waals surface area contributed by atoms with Gasteiger partial charge in [-0.15, -0.1) is 0 Å². The lowest BCUT2D eigenvalue weighted by Gasteiger charge is -2.02. The molecule has 16 heavy (non-hydrogen) atoms. The zero-order valence-corrected chi connectivity index (χ0v) is 10.7. The highest BCUT2D eigenvalue weighted by Gasteiger charge is 2.13. The predicted molar refractivity (Wildman–Crippen MR) is 65.1 cm³/mol. The van der Waals surface area contributed by atoms with Gasteiger partial charge < -0.3 is 4.98 Å². The summed E-state index contributed by atoms with van der Waals surface area (Å²) in [6.07, 6.45) is 3.84. The van der Waals surface area contributed by atoms with Crippen molar-refractivity contribution in [2.75, 3.05) is 0 Å². The number of fused-ring (bicyclic) bond motifs is 1. The van der Waals surface area contributed by atoms with E-state index in [9.17, 15) is 4.79 Å². The van der Waals surface area contributed by atoms with Gasteiger partial charge in [0.25, 0.3) is 0 Å². The Hall–Kier alpha value is -1.23. The number of carbonyl (C=O) groups is 1. The van der Waals surface area contributed by atoms with Crippen LogP contribution in [0.1, 0.15) is 19.4 Å². The van der Waals surface area contributed by atoms with Gasteiger partial charge in [-0.3, -0.25) is 4.79 Å². The summed E-state index contributed by atoms with van der Waals surface area (Å²) < 4.78 is 0.679. The maximum atomic E-state index is 11.7. The van der Waals surface area contributed by atoms with Crippen molar-refractivity contribution in [2.45, 2.75) is 20.3 Å². The molecule has 0 bridgehead atoms. The fourth-order valence-corrected chi connectivity index (χ4v) is 1.73. The lowest BCUT2D eigenvalue weighted by Crippen LogP contribution is -2.09. The van der Waals surface area contributed by atoms with Gasteiger partial charge in [0.05, 0.1) is 6.20 Å². The molecule has 84 valence electrons. The van der Waals surface area contributed by atoms with Crippen LogP contribution in [0.2, 0.25) is 0 Å². The SMILES string of the molecule is CC(C)C(=O)Cc1c[nH]c2ncc(Br)nc12. The molecule has 0 saturated heterocycles. The van der Waals surface area contributed by atoms with Crippen LogP contribution in [0.4, 0.5) is 0 Å². The molecule has 0 saturated carbocycles. The molecule has 2 aromatic rings. The summed E-state index contributed by atoms with van der Waals surface area (Å²) in [7, 11) is 0. The molecule has 0 aromatic carbocycles. The molecule has 5 heteroatoms. The van der Waals surface area contributed by atoms with Crippen LogP contribution < -0.4 is 0 Å². The Labute approximate surface area is 102 Å². The number of Topliss-reactive ketones (excluding diaryl/α,β-unsaturated/α-hetero) is 1. The van der Waals surface area contributed by atoms with Crippen LogP contribution in [-0.2, 0) is 11.2 Å². The number of nitrogens with one attached hydrogen (secondary N) is 1. The van der Waals surface area contributed by atoms with Crippen molar-refractivity contribution in [1.29, 1.82) is 0 Å². The normalized spacial score (nSPS) is 11.2. The number of rotatable bonds is 3. The highest BCUT2D eigenvalue weighted by molar-refractivity contribution is 9.10. The van der Waals surface area contributed by atoms with Crippen LogP contribution in [0, 0.1) is 5.92 Å². The Morgan fingerprint density at radius 3 is 3.00 bits per heavy atom. The van der Waals surface area contributed by atoms with Gasteiger partial charge in [-0.1, -0.05) is 13.8 Å². The van der Waals surface area contributed by atoms with Gasteiger partial charge in [0.2, 0.25) is 0 Å². The first-order valence-electron chi connectivity index (χ1n) is 5.09. The molecule has 2 heterocycles. The number of hydrogen-bond donors (Lipinski definition) is 1. The Morgan fingerprint density at radius 1 is 1.56 bits per heavy atom. The number of hydrogen-bond acceptors (Lipinski definition) is 3. The average Bonchev–Trinajstić information content (AvgIpc) is 2.61. The smallest absolute Gasteiger partial charge is 0.156 e. The molecular weight excluding hydrogens is 270 g/mol. The van der Waals surface area contributed by atoms with E-state index in [0.717, 1.165) is 16.7 Å². The van der Waals surface area contributed by atoms with E-state index in [2.05, 4.69) is 30.9 Å². The van der Waals surface area contributed by atoms with Crippen molar-refractivity contribution >= 4 is 32.9 Å². The van der Waals surface area contributed by atoms with E-state index in [-0.39, 0.29) is 11.7 Å². The first kappa shape index (κ1) is 11.3. The minimum atomic E-state index is 0.0464. The molecule has 0 amide bonds. The molecule has 2 rings (SSSR count). The number of H-pyrrole nitrogens is 1. The number of nitrogens with zero attached hydrogens (tertiary/aromatic N) is 2. The van der Waals surface area contributed by atoms with E-state index in [0.29, 0.717) is 11.0 Å². The van der Waals surface area contributed by atoms with E-state index in [1.54, 1.807) is 12.4 Å². The standard InChI is InChI=1S/C11H12BrN3O/c1-6(2)8(16)3-7-4-13-11-10(7)15-9(12)5-14-11/h4-6H,3H2,1-2H3,(H,13,14). The van der Waals surface area contributed by atoms with Crippen LogP contribution in [0.5, 0.6) is 0 Å². The number of halogens is 1. The Morgan fingerprint density at radius 2 is 2.31 bits per heavy atom. The molecule has 0 aliphatic carbocycles. The lowest BCUT2D eigenvalue weighted by molar-refractivity contribution is -0.121. The monoisotopic (exact) mass is 281 g/mol. The van der Waals surface area contributed by atoms with Crippen molar-refractivity contribution in [3.05, 3.63) is 22.6 Å². The second-order valence-corrected chi connectivity index (χ2v) is 4.81. The minimum absolute atomic E-state index is 0.0464. The van der Waals surface area contributed by atoms with Gasteiger partial charge in [0, 0.05) is 24.1 Å².